The molecule has 0 spiro atoms. The van der Waals surface area contributed by atoms with E-state index < -0.39 is 0 Å². The molecule has 1 N–H and O–H groups in total. The second-order valence-corrected chi connectivity index (χ2v) is 6.46. The molecule has 0 fully saturated rings. The normalized spacial score (nSPS) is 13.5. The van der Waals surface area contributed by atoms with Crippen molar-refractivity contribution in [2.75, 3.05) is 6.61 Å². The monoisotopic (exact) mass is 306 g/mol. The van der Waals surface area contributed by atoms with Gasteiger partial charge in [0.05, 0.1) is 0 Å². The van der Waals surface area contributed by atoms with Crippen molar-refractivity contribution in [1.82, 2.24) is 0 Å². The standard InChI is InChI=1S/C22H26O/c23-15-7-2-1-4-8-18-11-12-20-13-14-21(17-22(20)16-18)19-9-5-3-6-10-19/h3,5-6,9-12,16-17,23H,1-2,4,7-8,13-15H2. The number of unbranched alkanes of at least 4 members (excludes halogenated alkanes) is 3. The summed E-state index contributed by atoms with van der Waals surface area (Å²) in [6.07, 6.45) is 10.3. The number of benzene rings is 2. The average molecular weight is 306 g/mol. The lowest BCUT2D eigenvalue weighted by Crippen LogP contribution is -2.00. The number of allylic oxidation sites excluding steroid dienone is 1. The van der Waals surface area contributed by atoms with E-state index in [9.17, 15) is 0 Å². The summed E-state index contributed by atoms with van der Waals surface area (Å²) in [5.41, 5.74) is 7.14. The van der Waals surface area contributed by atoms with Crippen LogP contribution in [0, 0.1) is 0 Å². The van der Waals surface area contributed by atoms with Crippen LogP contribution in [0.4, 0.5) is 0 Å². The van der Waals surface area contributed by atoms with Crippen molar-refractivity contribution in [2.24, 2.45) is 0 Å². The molecule has 0 radical (unpaired) electrons. The molecule has 0 saturated heterocycles. The fraction of sp³-hybridized carbons (Fsp3) is 0.364. The third-order valence-corrected chi connectivity index (χ3v) is 4.72. The molecule has 1 aliphatic carbocycles. The molecule has 0 saturated carbocycles. The third kappa shape index (κ3) is 4.33. The van der Waals surface area contributed by atoms with E-state index in [0.29, 0.717) is 6.61 Å². The molecule has 0 bridgehead atoms. The maximum absolute atomic E-state index is 8.83. The predicted octanol–water partition coefficient (Wildman–Crippen LogP) is 5.27. The van der Waals surface area contributed by atoms with Gasteiger partial charge in [0.1, 0.15) is 0 Å². The van der Waals surface area contributed by atoms with Crippen molar-refractivity contribution < 1.29 is 5.11 Å². The van der Waals surface area contributed by atoms with Crippen molar-refractivity contribution in [1.29, 1.82) is 0 Å². The first-order valence-corrected chi connectivity index (χ1v) is 8.85. The topological polar surface area (TPSA) is 20.2 Å². The van der Waals surface area contributed by atoms with Gasteiger partial charge in [-0.3, -0.25) is 0 Å². The number of hydrogen-bond donors (Lipinski definition) is 1. The van der Waals surface area contributed by atoms with Gasteiger partial charge in [0, 0.05) is 6.61 Å². The summed E-state index contributed by atoms with van der Waals surface area (Å²) in [4.78, 5) is 0. The summed E-state index contributed by atoms with van der Waals surface area (Å²) in [6.45, 7) is 0.325. The van der Waals surface area contributed by atoms with Gasteiger partial charge < -0.3 is 5.11 Å². The Kier molecular flexibility index (Phi) is 5.65. The molecule has 0 aliphatic heterocycles. The average Bonchev–Trinajstić information content (AvgIpc) is 2.61. The summed E-state index contributed by atoms with van der Waals surface area (Å²) in [6, 6.07) is 17.7. The van der Waals surface area contributed by atoms with Crippen LogP contribution < -0.4 is 0 Å². The molecule has 0 heterocycles. The Hall–Kier alpha value is -1.86. The zero-order chi connectivity index (χ0) is 15.9. The summed E-state index contributed by atoms with van der Waals surface area (Å²) >= 11 is 0. The molecule has 23 heavy (non-hydrogen) atoms. The number of aliphatic hydroxyl groups excluding tert-OH is 1. The number of aliphatic hydroxyl groups is 1. The van der Waals surface area contributed by atoms with E-state index in [4.69, 9.17) is 5.11 Å². The largest absolute Gasteiger partial charge is 0.396 e. The molecular formula is C22H26O. The quantitative estimate of drug-likeness (QED) is 0.691. The van der Waals surface area contributed by atoms with E-state index in [-0.39, 0.29) is 0 Å². The molecule has 0 unspecified atom stereocenters. The van der Waals surface area contributed by atoms with Gasteiger partial charge in [0.15, 0.2) is 0 Å². The van der Waals surface area contributed by atoms with E-state index in [2.05, 4.69) is 54.6 Å². The fourth-order valence-corrected chi connectivity index (χ4v) is 3.37. The molecule has 1 aliphatic rings. The van der Waals surface area contributed by atoms with Gasteiger partial charge in [-0.25, -0.2) is 0 Å². The first-order valence-electron chi connectivity index (χ1n) is 8.85. The summed E-state index contributed by atoms with van der Waals surface area (Å²) < 4.78 is 0. The van der Waals surface area contributed by atoms with E-state index >= 15 is 0 Å². The first-order chi connectivity index (χ1) is 11.4. The molecule has 2 aromatic carbocycles. The SMILES string of the molecule is OCCCCCCc1ccc2c(c1)C=C(c1ccccc1)CC2. The number of fused-ring (bicyclic) bond motifs is 1. The Morgan fingerprint density at radius 2 is 1.65 bits per heavy atom. The lowest BCUT2D eigenvalue weighted by molar-refractivity contribution is 0.282. The molecule has 1 heteroatoms. The summed E-state index contributed by atoms with van der Waals surface area (Å²) in [5, 5.41) is 8.83. The van der Waals surface area contributed by atoms with Crippen LogP contribution in [0.3, 0.4) is 0 Å². The van der Waals surface area contributed by atoms with Crippen LogP contribution in [0.15, 0.2) is 48.5 Å². The van der Waals surface area contributed by atoms with Gasteiger partial charge in [0.2, 0.25) is 0 Å². The van der Waals surface area contributed by atoms with Crippen molar-refractivity contribution in [3.05, 3.63) is 70.8 Å². The number of rotatable bonds is 7. The summed E-state index contributed by atoms with van der Waals surface area (Å²) in [5.74, 6) is 0. The Labute approximate surface area is 139 Å². The lowest BCUT2D eigenvalue weighted by Gasteiger charge is -2.18. The maximum atomic E-state index is 8.83. The van der Waals surface area contributed by atoms with Crippen molar-refractivity contribution in [2.45, 2.75) is 44.9 Å². The van der Waals surface area contributed by atoms with Crippen LogP contribution in [-0.2, 0) is 12.8 Å². The Balaban J connectivity index is 1.69. The highest BCUT2D eigenvalue weighted by Crippen LogP contribution is 2.31. The van der Waals surface area contributed by atoms with Crippen molar-refractivity contribution >= 4 is 11.6 Å². The molecule has 120 valence electrons. The zero-order valence-electron chi connectivity index (χ0n) is 13.8. The molecule has 3 rings (SSSR count). The minimum absolute atomic E-state index is 0.325. The Morgan fingerprint density at radius 3 is 2.48 bits per heavy atom. The number of aryl methyl sites for hydroxylation is 2. The van der Waals surface area contributed by atoms with Gasteiger partial charge in [-0.2, -0.15) is 0 Å². The molecule has 1 nitrogen and oxygen atoms in total. The minimum Gasteiger partial charge on any atom is -0.396 e. The minimum atomic E-state index is 0.325. The second kappa shape index (κ2) is 8.12. The van der Waals surface area contributed by atoms with Crippen LogP contribution in [0.5, 0.6) is 0 Å². The van der Waals surface area contributed by atoms with E-state index in [1.165, 1.54) is 40.7 Å². The maximum Gasteiger partial charge on any atom is 0.0431 e. The van der Waals surface area contributed by atoms with E-state index in [1.54, 1.807) is 0 Å². The molecule has 0 aromatic heterocycles. The highest BCUT2D eigenvalue weighted by molar-refractivity contribution is 5.84. The molecule has 2 aromatic rings. The van der Waals surface area contributed by atoms with E-state index in [1.807, 2.05) is 0 Å². The predicted molar refractivity (Wildman–Crippen MR) is 98.3 cm³/mol. The van der Waals surface area contributed by atoms with Crippen molar-refractivity contribution in [3.63, 3.8) is 0 Å². The van der Waals surface area contributed by atoms with Crippen LogP contribution in [0.2, 0.25) is 0 Å². The van der Waals surface area contributed by atoms with Gasteiger partial charge >= 0.3 is 0 Å². The first kappa shape index (κ1) is 16.0. The van der Waals surface area contributed by atoms with Gasteiger partial charge in [-0.15, -0.1) is 0 Å². The Bertz CT molecular complexity index is 655. The van der Waals surface area contributed by atoms with Crippen LogP contribution in [0.1, 0.15) is 54.4 Å². The van der Waals surface area contributed by atoms with Gasteiger partial charge in [-0.1, -0.05) is 67.4 Å². The van der Waals surface area contributed by atoms with Crippen LogP contribution in [0.25, 0.3) is 11.6 Å². The smallest absolute Gasteiger partial charge is 0.0431 e. The highest BCUT2D eigenvalue weighted by atomic mass is 16.2. The zero-order valence-corrected chi connectivity index (χ0v) is 13.8. The highest BCUT2D eigenvalue weighted by Gasteiger charge is 2.12. The fourth-order valence-electron chi connectivity index (χ4n) is 3.37. The molecular weight excluding hydrogens is 280 g/mol. The molecule has 0 amide bonds. The van der Waals surface area contributed by atoms with E-state index in [0.717, 1.165) is 32.1 Å². The second-order valence-electron chi connectivity index (χ2n) is 6.46. The molecule has 0 atom stereocenters. The van der Waals surface area contributed by atoms with Gasteiger partial charge in [-0.05, 0) is 59.9 Å². The number of hydrogen-bond acceptors (Lipinski definition) is 1. The van der Waals surface area contributed by atoms with Crippen LogP contribution >= 0.6 is 0 Å². The Morgan fingerprint density at radius 1 is 0.826 bits per heavy atom. The van der Waals surface area contributed by atoms with Crippen molar-refractivity contribution in [3.8, 4) is 0 Å². The lowest BCUT2D eigenvalue weighted by atomic mass is 9.87. The summed E-state index contributed by atoms with van der Waals surface area (Å²) in [7, 11) is 0. The van der Waals surface area contributed by atoms with Gasteiger partial charge in [0.25, 0.3) is 0 Å². The van der Waals surface area contributed by atoms with Crippen LogP contribution in [-0.4, -0.2) is 11.7 Å². The third-order valence-electron chi connectivity index (χ3n) is 4.72.